The van der Waals surface area contributed by atoms with Gasteiger partial charge in [0, 0.05) is 7.11 Å². The Hall–Kier alpha value is -1.73. The number of ether oxygens (including phenoxy) is 2. The molecule has 21 heavy (non-hydrogen) atoms. The number of fused-ring (bicyclic) bond motifs is 1. The maximum atomic E-state index is 10.4. The summed E-state index contributed by atoms with van der Waals surface area (Å²) in [6.07, 6.45) is -0.621. The lowest BCUT2D eigenvalue weighted by Crippen LogP contribution is -2.35. The third-order valence-electron chi connectivity index (χ3n) is 3.66. The van der Waals surface area contributed by atoms with E-state index >= 15 is 0 Å². The molecule has 1 aromatic carbocycles. The van der Waals surface area contributed by atoms with Crippen LogP contribution in [0.25, 0.3) is 0 Å². The van der Waals surface area contributed by atoms with Gasteiger partial charge in [0.15, 0.2) is 6.29 Å². The molecule has 112 valence electrons. The van der Waals surface area contributed by atoms with Crippen molar-refractivity contribution in [3.05, 3.63) is 53.3 Å². The molecule has 0 aliphatic carbocycles. The molecule has 1 aliphatic heterocycles. The van der Waals surface area contributed by atoms with E-state index in [2.05, 4.69) is 5.10 Å². The van der Waals surface area contributed by atoms with Gasteiger partial charge < -0.3 is 19.7 Å². The number of hydrogen-bond donors (Lipinski definition) is 2. The molecule has 6 nitrogen and oxygen atoms in total. The number of benzene rings is 1. The van der Waals surface area contributed by atoms with E-state index in [1.165, 1.54) is 7.11 Å². The molecule has 1 aliphatic rings. The maximum absolute atomic E-state index is 10.4. The van der Waals surface area contributed by atoms with Crippen LogP contribution in [0.3, 0.4) is 0 Å². The molecule has 2 N–H and O–H groups in total. The van der Waals surface area contributed by atoms with Crippen molar-refractivity contribution in [2.45, 2.75) is 25.0 Å². The summed E-state index contributed by atoms with van der Waals surface area (Å²) in [6.45, 7) is 0.263. The molecule has 3 rings (SSSR count). The first-order valence-corrected chi connectivity index (χ1v) is 6.81. The third-order valence-corrected chi connectivity index (χ3v) is 3.66. The zero-order chi connectivity index (χ0) is 14.8. The highest BCUT2D eigenvalue weighted by Gasteiger charge is 2.37. The topological polar surface area (TPSA) is 76.7 Å². The van der Waals surface area contributed by atoms with Crippen molar-refractivity contribution in [2.24, 2.45) is 0 Å². The monoisotopic (exact) mass is 290 g/mol. The lowest BCUT2D eigenvalue weighted by molar-refractivity contribution is -0.208. The van der Waals surface area contributed by atoms with Gasteiger partial charge in [-0.15, -0.1) is 0 Å². The molecule has 2 heterocycles. The minimum Gasteiger partial charge on any atom is -0.394 e. The smallest absolute Gasteiger partial charge is 0.187 e. The van der Waals surface area contributed by atoms with Crippen LogP contribution in [0.5, 0.6) is 0 Å². The Morgan fingerprint density at radius 1 is 1.33 bits per heavy atom. The molecule has 0 fully saturated rings. The van der Waals surface area contributed by atoms with Gasteiger partial charge in [-0.2, -0.15) is 5.10 Å². The Morgan fingerprint density at radius 3 is 2.76 bits per heavy atom. The van der Waals surface area contributed by atoms with Gasteiger partial charge in [-0.1, -0.05) is 30.3 Å². The van der Waals surface area contributed by atoms with Gasteiger partial charge in [-0.3, -0.25) is 4.68 Å². The van der Waals surface area contributed by atoms with E-state index in [0.29, 0.717) is 17.8 Å². The average molecular weight is 290 g/mol. The molecule has 0 unspecified atom stereocenters. The number of rotatable bonds is 4. The predicted octanol–water partition coefficient (Wildman–Crippen LogP) is 1.00. The standard InChI is InChI=1S/C15H18N2O4/c1-20-15-11-7-16-17(8-10-5-3-2-4-6-10)13(11)14(19)12(9-18)21-15/h2-7,12,14-15,18-19H,8-9H2,1H3/t12-,14-,15+/m1/s1. The van der Waals surface area contributed by atoms with Gasteiger partial charge in [0.05, 0.1) is 30.6 Å². The van der Waals surface area contributed by atoms with Crippen LogP contribution in [0, 0.1) is 0 Å². The fourth-order valence-corrected chi connectivity index (χ4v) is 2.60. The Balaban J connectivity index is 1.96. The number of aliphatic hydroxyl groups excluding tert-OH is 2. The molecule has 0 bridgehead atoms. The van der Waals surface area contributed by atoms with Crippen molar-refractivity contribution in [2.75, 3.05) is 13.7 Å². The SMILES string of the molecule is CO[C@H]1O[C@H](CO)[C@@H](O)c2c1cnn2Cc1ccccc1. The summed E-state index contributed by atoms with van der Waals surface area (Å²) in [7, 11) is 1.52. The van der Waals surface area contributed by atoms with Crippen LogP contribution in [0.2, 0.25) is 0 Å². The van der Waals surface area contributed by atoms with E-state index in [4.69, 9.17) is 9.47 Å². The van der Waals surface area contributed by atoms with Crippen molar-refractivity contribution in [3.8, 4) is 0 Å². The van der Waals surface area contributed by atoms with Gasteiger partial charge in [0.25, 0.3) is 0 Å². The second kappa shape index (κ2) is 5.95. The largest absolute Gasteiger partial charge is 0.394 e. The van der Waals surface area contributed by atoms with Crippen LogP contribution >= 0.6 is 0 Å². The fraction of sp³-hybridized carbons (Fsp3) is 0.400. The molecule has 0 amide bonds. The summed E-state index contributed by atoms with van der Waals surface area (Å²) in [5.41, 5.74) is 2.42. The average Bonchev–Trinajstić information content (AvgIpc) is 2.93. The molecule has 6 heteroatoms. The van der Waals surface area contributed by atoms with Crippen LogP contribution in [0.15, 0.2) is 36.5 Å². The highest BCUT2D eigenvalue weighted by Crippen LogP contribution is 2.36. The molecule has 0 radical (unpaired) electrons. The van der Waals surface area contributed by atoms with Gasteiger partial charge in [0.1, 0.15) is 12.2 Å². The van der Waals surface area contributed by atoms with Crippen molar-refractivity contribution < 1.29 is 19.7 Å². The van der Waals surface area contributed by atoms with Crippen molar-refractivity contribution in [1.82, 2.24) is 9.78 Å². The summed E-state index contributed by atoms with van der Waals surface area (Å²) >= 11 is 0. The first kappa shape index (κ1) is 14.2. The quantitative estimate of drug-likeness (QED) is 0.878. The van der Waals surface area contributed by atoms with Gasteiger partial charge in [0.2, 0.25) is 0 Å². The minimum atomic E-state index is -0.928. The summed E-state index contributed by atoms with van der Waals surface area (Å²) in [4.78, 5) is 0. The first-order chi connectivity index (χ1) is 10.2. The molecular formula is C15H18N2O4. The molecule has 2 aromatic rings. The van der Waals surface area contributed by atoms with Crippen LogP contribution in [-0.2, 0) is 16.0 Å². The summed E-state index contributed by atoms with van der Waals surface area (Å²) in [6, 6.07) is 9.86. The maximum Gasteiger partial charge on any atom is 0.187 e. The number of aliphatic hydroxyl groups is 2. The highest BCUT2D eigenvalue weighted by molar-refractivity contribution is 5.26. The second-order valence-electron chi connectivity index (χ2n) is 5.00. The van der Waals surface area contributed by atoms with Gasteiger partial charge >= 0.3 is 0 Å². The van der Waals surface area contributed by atoms with Crippen molar-refractivity contribution in [1.29, 1.82) is 0 Å². The molecule has 0 saturated heterocycles. The molecule has 1 aromatic heterocycles. The van der Waals surface area contributed by atoms with E-state index in [1.807, 2.05) is 30.3 Å². The summed E-state index contributed by atoms with van der Waals surface area (Å²) in [5.74, 6) is 0. The van der Waals surface area contributed by atoms with E-state index in [9.17, 15) is 10.2 Å². The van der Waals surface area contributed by atoms with E-state index in [1.54, 1.807) is 10.9 Å². The number of hydrogen-bond acceptors (Lipinski definition) is 5. The Bertz CT molecular complexity index is 599. The molecule has 0 spiro atoms. The minimum absolute atomic E-state index is 0.281. The number of methoxy groups -OCH3 is 1. The number of nitrogens with zero attached hydrogens (tertiary/aromatic N) is 2. The predicted molar refractivity (Wildman–Crippen MR) is 74.4 cm³/mol. The van der Waals surface area contributed by atoms with Gasteiger partial charge in [-0.25, -0.2) is 0 Å². The number of aromatic nitrogens is 2. The lowest BCUT2D eigenvalue weighted by atomic mass is 10.0. The van der Waals surface area contributed by atoms with E-state index in [0.717, 1.165) is 5.56 Å². The zero-order valence-corrected chi connectivity index (χ0v) is 11.7. The molecule has 3 atom stereocenters. The fourth-order valence-electron chi connectivity index (χ4n) is 2.60. The second-order valence-corrected chi connectivity index (χ2v) is 5.00. The van der Waals surface area contributed by atoms with Crippen molar-refractivity contribution >= 4 is 0 Å². The molecular weight excluding hydrogens is 272 g/mol. The van der Waals surface area contributed by atoms with Crippen LogP contribution < -0.4 is 0 Å². The van der Waals surface area contributed by atoms with Crippen molar-refractivity contribution in [3.63, 3.8) is 0 Å². The van der Waals surface area contributed by atoms with Crippen LogP contribution in [0.4, 0.5) is 0 Å². The highest BCUT2D eigenvalue weighted by atomic mass is 16.7. The Kier molecular flexibility index (Phi) is 4.03. The summed E-state index contributed by atoms with van der Waals surface area (Å²) in [5, 5.41) is 24.1. The van der Waals surface area contributed by atoms with E-state index in [-0.39, 0.29) is 6.61 Å². The summed E-state index contributed by atoms with van der Waals surface area (Å²) < 4.78 is 12.5. The normalized spacial score (nSPS) is 24.8. The third kappa shape index (κ3) is 2.58. The Morgan fingerprint density at radius 2 is 2.10 bits per heavy atom. The molecule has 0 saturated carbocycles. The first-order valence-electron chi connectivity index (χ1n) is 6.81. The Labute approximate surface area is 122 Å². The zero-order valence-electron chi connectivity index (χ0n) is 11.7. The van der Waals surface area contributed by atoms with Crippen LogP contribution in [-0.4, -0.2) is 39.8 Å². The van der Waals surface area contributed by atoms with Gasteiger partial charge in [-0.05, 0) is 5.56 Å². The van der Waals surface area contributed by atoms with E-state index < -0.39 is 18.5 Å². The van der Waals surface area contributed by atoms with Crippen LogP contribution in [0.1, 0.15) is 29.2 Å². The lowest BCUT2D eigenvalue weighted by Gasteiger charge is -2.32.